The minimum absolute atomic E-state index is 0.418. The third kappa shape index (κ3) is 5.26. The SMILES string of the molecule is CCN1CCN([C@H]2CCCC[C@@H]2CC(=O)N2CCC(c3ccc(C)cc3)CC2)CC1. The molecule has 3 fully saturated rings. The van der Waals surface area contributed by atoms with E-state index in [4.69, 9.17) is 0 Å². The van der Waals surface area contributed by atoms with Gasteiger partial charge in [-0.2, -0.15) is 0 Å². The average molecular weight is 412 g/mol. The van der Waals surface area contributed by atoms with Gasteiger partial charge < -0.3 is 9.80 Å². The first-order chi connectivity index (χ1) is 14.6. The van der Waals surface area contributed by atoms with Gasteiger partial charge >= 0.3 is 0 Å². The van der Waals surface area contributed by atoms with Crippen LogP contribution in [0, 0.1) is 12.8 Å². The van der Waals surface area contributed by atoms with Gasteiger partial charge in [0.05, 0.1) is 0 Å². The van der Waals surface area contributed by atoms with Crippen molar-refractivity contribution >= 4 is 5.91 Å². The van der Waals surface area contributed by atoms with Gasteiger partial charge in [0, 0.05) is 51.7 Å². The van der Waals surface area contributed by atoms with Crippen LogP contribution in [0.4, 0.5) is 0 Å². The van der Waals surface area contributed by atoms with Crippen LogP contribution in [0.2, 0.25) is 0 Å². The average Bonchev–Trinajstić information content (AvgIpc) is 2.80. The van der Waals surface area contributed by atoms with Gasteiger partial charge in [-0.25, -0.2) is 0 Å². The Morgan fingerprint density at radius 2 is 1.57 bits per heavy atom. The summed E-state index contributed by atoms with van der Waals surface area (Å²) in [5.74, 6) is 1.60. The highest BCUT2D eigenvalue weighted by Gasteiger charge is 2.34. The molecule has 2 atom stereocenters. The largest absolute Gasteiger partial charge is 0.343 e. The number of nitrogens with zero attached hydrogens (tertiary/aromatic N) is 3. The minimum atomic E-state index is 0.418. The third-order valence-electron chi connectivity index (χ3n) is 8.03. The van der Waals surface area contributed by atoms with Crippen LogP contribution in [0.25, 0.3) is 0 Å². The Kier molecular flexibility index (Phi) is 7.48. The number of likely N-dealkylation sites (tertiary alicyclic amines) is 1. The van der Waals surface area contributed by atoms with E-state index in [1.54, 1.807) is 0 Å². The van der Waals surface area contributed by atoms with E-state index in [-0.39, 0.29) is 0 Å². The zero-order chi connectivity index (χ0) is 20.9. The van der Waals surface area contributed by atoms with Crippen molar-refractivity contribution in [1.82, 2.24) is 14.7 Å². The normalized spacial score (nSPS) is 27.3. The number of hydrogen-bond donors (Lipinski definition) is 0. The number of benzene rings is 1. The second-order valence-electron chi connectivity index (χ2n) is 9.85. The number of amides is 1. The van der Waals surface area contributed by atoms with Crippen LogP contribution in [0.3, 0.4) is 0 Å². The smallest absolute Gasteiger partial charge is 0.222 e. The molecule has 0 radical (unpaired) electrons. The van der Waals surface area contributed by atoms with Crippen LogP contribution < -0.4 is 0 Å². The summed E-state index contributed by atoms with van der Waals surface area (Å²) >= 11 is 0. The first-order valence-corrected chi connectivity index (χ1v) is 12.4. The van der Waals surface area contributed by atoms with Crippen molar-refractivity contribution in [1.29, 1.82) is 0 Å². The Morgan fingerprint density at radius 3 is 2.23 bits per heavy atom. The topological polar surface area (TPSA) is 26.8 Å². The van der Waals surface area contributed by atoms with E-state index in [9.17, 15) is 4.79 Å². The number of aryl methyl sites for hydroxylation is 1. The molecule has 3 aliphatic rings. The number of carbonyl (C=O) groups excluding carboxylic acids is 1. The summed E-state index contributed by atoms with van der Waals surface area (Å²) in [5, 5.41) is 0. The zero-order valence-corrected chi connectivity index (χ0v) is 19.2. The van der Waals surface area contributed by atoms with Crippen molar-refractivity contribution in [2.45, 2.75) is 70.8 Å². The Labute approximate surface area is 183 Å². The van der Waals surface area contributed by atoms with Crippen LogP contribution in [-0.4, -0.2) is 72.5 Å². The lowest BCUT2D eigenvalue weighted by molar-refractivity contribution is -0.134. The van der Waals surface area contributed by atoms with Gasteiger partial charge in [0.25, 0.3) is 0 Å². The third-order valence-corrected chi connectivity index (χ3v) is 8.03. The summed E-state index contributed by atoms with van der Waals surface area (Å²) in [4.78, 5) is 20.6. The maximum absolute atomic E-state index is 13.2. The monoisotopic (exact) mass is 411 g/mol. The molecule has 0 unspecified atom stereocenters. The molecule has 4 heteroatoms. The quantitative estimate of drug-likeness (QED) is 0.723. The maximum atomic E-state index is 13.2. The highest BCUT2D eigenvalue weighted by Crippen LogP contribution is 2.33. The van der Waals surface area contributed by atoms with Gasteiger partial charge in [0.2, 0.25) is 5.91 Å². The lowest BCUT2D eigenvalue weighted by Crippen LogP contribution is -2.53. The summed E-state index contributed by atoms with van der Waals surface area (Å²) in [6.45, 7) is 12.2. The van der Waals surface area contributed by atoms with Crippen LogP contribution in [0.1, 0.15) is 68.9 Å². The number of piperidine rings is 1. The number of carbonyl (C=O) groups is 1. The molecule has 1 aromatic rings. The van der Waals surface area contributed by atoms with Gasteiger partial charge in [0.1, 0.15) is 0 Å². The van der Waals surface area contributed by atoms with E-state index < -0.39 is 0 Å². The van der Waals surface area contributed by atoms with Gasteiger partial charge in [-0.1, -0.05) is 49.6 Å². The molecular formula is C26H41N3O. The van der Waals surface area contributed by atoms with Crippen molar-refractivity contribution in [3.63, 3.8) is 0 Å². The van der Waals surface area contributed by atoms with Crippen molar-refractivity contribution in [2.24, 2.45) is 5.92 Å². The molecule has 1 aliphatic carbocycles. The van der Waals surface area contributed by atoms with E-state index >= 15 is 0 Å². The fourth-order valence-corrected chi connectivity index (χ4v) is 5.97. The van der Waals surface area contributed by atoms with Gasteiger partial charge in [-0.05, 0) is 56.6 Å². The molecule has 0 N–H and O–H groups in total. The Balaban J connectivity index is 1.29. The van der Waals surface area contributed by atoms with E-state index in [1.165, 1.54) is 69.5 Å². The molecule has 1 saturated carbocycles. The number of rotatable bonds is 5. The van der Waals surface area contributed by atoms with Crippen molar-refractivity contribution < 1.29 is 4.79 Å². The second-order valence-corrected chi connectivity index (χ2v) is 9.85. The predicted octanol–water partition coefficient (Wildman–Crippen LogP) is 4.29. The van der Waals surface area contributed by atoms with Crippen LogP contribution >= 0.6 is 0 Å². The summed E-state index contributed by atoms with van der Waals surface area (Å²) in [5.41, 5.74) is 2.77. The molecule has 4 nitrogen and oxygen atoms in total. The van der Waals surface area contributed by atoms with Crippen molar-refractivity contribution in [2.75, 3.05) is 45.8 Å². The molecule has 4 rings (SSSR count). The van der Waals surface area contributed by atoms with Gasteiger partial charge in [-0.15, -0.1) is 0 Å². The lowest BCUT2D eigenvalue weighted by atomic mass is 9.80. The van der Waals surface area contributed by atoms with E-state index in [0.717, 1.165) is 32.4 Å². The number of hydrogen-bond acceptors (Lipinski definition) is 3. The Hall–Kier alpha value is -1.39. The van der Waals surface area contributed by atoms with Crippen molar-refractivity contribution in [3.05, 3.63) is 35.4 Å². The maximum Gasteiger partial charge on any atom is 0.222 e. The standard InChI is InChI=1S/C26H41N3O/c1-3-27-16-18-28(19-17-27)25-7-5-4-6-24(25)20-26(30)29-14-12-23(13-15-29)22-10-8-21(2)9-11-22/h8-11,23-25H,3-7,12-20H2,1-2H3/t24-,25+/m1/s1. The second kappa shape index (κ2) is 10.3. The first kappa shape index (κ1) is 21.8. The van der Waals surface area contributed by atoms with E-state index in [0.29, 0.717) is 23.8 Å². The molecule has 2 heterocycles. The molecule has 166 valence electrons. The summed E-state index contributed by atoms with van der Waals surface area (Å²) in [7, 11) is 0. The predicted molar refractivity (Wildman–Crippen MR) is 124 cm³/mol. The fraction of sp³-hybridized carbons (Fsp3) is 0.731. The molecule has 0 bridgehead atoms. The molecular weight excluding hydrogens is 370 g/mol. The van der Waals surface area contributed by atoms with Crippen LogP contribution in [0.5, 0.6) is 0 Å². The Morgan fingerprint density at radius 1 is 0.900 bits per heavy atom. The molecule has 30 heavy (non-hydrogen) atoms. The van der Waals surface area contributed by atoms with Gasteiger partial charge in [0.15, 0.2) is 0 Å². The summed E-state index contributed by atoms with van der Waals surface area (Å²) < 4.78 is 0. The highest BCUT2D eigenvalue weighted by atomic mass is 16.2. The highest BCUT2D eigenvalue weighted by molar-refractivity contribution is 5.76. The molecule has 2 saturated heterocycles. The number of piperazine rings is 1. The summed E-state index contributed by atoms with van der Waals surface area (Å²) in [6.07, 6.45) is 8.17. The fourth-order valence-electron chi connectivity index (χ4n) is 5.97. The van der Waals surface area contributed by atoms with E-state index in [1.807, 2.05) is 0 Å². The molecule has 1 amide bonds. The van der Waals surface area contributed by atoms with Crippen molar-refractivity contribution in [3.8, 4) is 0 Å². The summed E-state index contributed by atoms with van der Waals surface area (Å²) in [6, 6.07) is 9.63. The number of likely N-dealkylation sites (N-methyl/N-ethyl adjacent to an activating group) is 1. The minimum Gasteiger partial charge on any atom is -0.343 e. The molecule has 1 aromatic carbocycles. The zero-order valence-electron chi connectivity index (χ0n) is 19.2. The van der Waals surface area contributed by atoms with Crippen LogP contribution in [-0.2, 0) is 4.79 Å². The molecule has 2 aliphatic heterocycles. The van der Waals surface area contributed by atoms with Crippen LogP contribution in [0.15, 0.2) is 24.3 Å². The molecule has 0 spiro atoms. The van der Waals surface area contributed by atoms with Gasteiger partial charge in [-0.3, -0.25) is 9.69 Å². The lowest BCUT2D eigenvalue weighted by Gasteiger charge is -2.44. The molecule has 0 aromatic heterocycles. The Bertz CT molecular complexity index is 672. The first-order valence-electron chi connectivity index (χ1n) is 12.4. The van der Waals surface area contributed by atoms with E-state index in [2.05, 4.69) is 52.8 Å².